The van der Waals surface area contributed by atoms with E-state index in [1.807, 2.05) is 18.5 Å². The number of pyridine rings is 2. The van der Waals surface area contributed by atoms with Gasteiger partial charge in [-0.05, 0) is 84.9 Å². The summed E-state index contributed by atoms with van der Waals surface area (Å²) in [5, 5.41) is 6.86. The first-order chi connectivity index (χ1) is 25.8. The normalized spacial score (nSPS) is 11.5. The van der Waals surface area contributed by atoms with Gasteiger partial charge in [-0.25, -0.2) is 9.97 Å². The predicted molar refractivity (Wildman–Crippen MR) is 207 cm³/mol. The number of hydrogen-bond acceptors (Lipinski definition) is 6. The van der Waals surface area contributed by atoms with Gasteiger partial charge in [0.2, 0.25) is 0 Å². The molecule has 10 rings (SSSR count). The number of aromatic nitrogens is 4. The van der Waals surface area contributed by atoms with Crippen molar-refractivity contribution in [3.8, 4) is 67.3 Å². The molecule has 10 aromatic rings. The molecule has 4 heterocycles. The van der Waals surface area contributed by atoms with Crippen LogP contribution in [0.2, 0.25) is 0 Å². The van der Waals surface area contributed by atoms with Crippen LogP contribution >= 0.6 is 0 Å². The molecule has 0 atom stereocenters. The molecule has 6 nitrogen and oxygen atoms in total. The molecule has 244 valence electrons. The summed E-state index contributed by atoms with van der Waals surface area (Å²) in [6, 6.07) is 47.4. The van der Waals surface area contributed by atoms with Crippen molar-refractivity contribution in [3.63, 3.8) is 0 Å². The van der Waals surface area contributed by atoms with E-state index in [2.05, 4.69) is 137 Å². The topological polar surface area (TPSA) is 77.8 Å². The maximum Gasteiger partial charge on any atom is 0.181 e. The van der Waals surface area contributed by atoms with E-state index in [4.69, 9.17) is 18.8 Å². The van der Waals surface area contributed by atoms with E-state index in [1.165, 1.54) is 34.7 Å². The number of fused-ring (bicyclic) bond motifs is 3. The fourth-order valence-electron chi connectivity index (χ4n) is 7.33. The van der Waals surface area contributed by atoms with Crippen molar-refractivity contribution in [1.29, 1.82) is 0 Å². The lowest BCUT2D eigenvalue weighted by atomic mass is 9.87. The number of rotatable bonds is 6. The molecule has 6 aromatic carbocycles. The van der Waals surface area contributed by atoms with E-state index in [0.29, 0.717) is 0 Å². The van der Waals surface area contributed by atoms with Crippen LogP contribution in [-0.2, 0) is 0 Å². The van der Waals surface area contributed by atoms with Gasteiger partial charge in [0.05, 0.1) is 11.4 Å². The molecule has 0 amide bonds. The Kier molecular flexibility index (Phi) is 7.03. The molecule has 0 saturated heterocycles. The lowest BCUT2D eigenvalue weighted by Gasteiger charge is -2.18. The monoisotopic (exact) mass is 668 g/mol. The Bertz CT molecular complexity index is 2860. The number of benzene rings is 6. The first-order valence-electron chi connectivity index (χ1n) is 17.1. The van der Waals surface area contributed by atoms with Crippen LogP contribution in [0.15, 0.2) is 180 Å². The second-order valence-electron chi connectivity index (χ2n) is 12.8. The van der Waals surface area contributed by atoms with Crippen LogP contribution in [0.25, 0.3) is 99.6 Å². The standard InChI is InChI=1S/C46H28N4O2/c1-2-8-35-30(6-1)7-5-11-36(35)31-14-12-29(13-15-31)32-16-19-39-40(22-32)46(42-21-18-34(24-48-42)44-26-52-28-50-44)38-10-4-3-9-37(38)45(39)41-20-17-33(23-47-41)43-25-51-27-49-43/h1-28H. The summed E-state index contributed by atoms with van der Waals surface area (Å²) in [7, 11) is 0. The molecular weight excluding hydrogens is 641 g/mol. The van der Waals surface area contributed by atoms with Crippen molar-refractivity contribution in [2.24, 2.45) is 0 Å². The van der Waals surface area contributed by atoms with Gasteiger partial charge in [0.15, 0.2) is 12.8 Å². The predicted octanol–water partition coefficient (Wildman–Crippen LogP) is 11.9. The van der Waals surface area contributed by atoms with Gasteiger partial charge in [-0.1, -0.05) is 103 Å². The zero-order valence-electron chi connectivity index (χ0n) is 27.8. The average molecular weight is 669 g/mol. The third kappa shape index (κ3) is 5.05. The Labute approximate surface area is 298 Å². The fraction of sp³-hybridized carbons (Fsp3) is 0. The van der Waals surface area contributed by atoms with Crippen molar-refractivity contribution in [3.05, 3.63) is 171 Å². The molecule has 0 bridgehead atoms. The molecule has 0 aliphatic rings. The highest BCUT2D eigenvalue weighted by Crippen LogP contribution is 2.44. The number of oxazole rings is 2. The lowest BCUT2D eigenvalue weighted by molar-refractivity contribution is 0.558. The van der Waals surface area contributed by atoms with E-state index >= 15 is 0 Å². The van der Waals surface area contributed by atoms with Crippen LogP contribution in [-0.4, -0.2) is 19.9 Å². The average Bonchev–Trinajstić information content (AvgIpc) is 3.96. The molecule has 0 fully saturated rings. The summed E-state index contributed by atoms with van der Waals surface area (Å²) in [4.78, 5) is 18.6. The largest absolute Gasteiger partial charge is 0.451 e. The summed E-state index contributed by atoms with van der Waals surface area (Å²) in [6.07, 6.45) is 9.86. The van der Waals surface area contributed by atoms with Crippen molar-refractivity contribution >= 4 is 32.3 Å². The van der Waals surface area contributed by atoms with Gasteiger partial charge in [-0.15, -0.1) is 0 Å². The summed E-state index contributed by atoms with van der Waals surface area (Å²) in [5.41, 5.74) is 11.8. The SMILES string of the molecule is c1ccc2c(-c3ccc(-c4ccc5c(-c6ccc(-c7cocn7)cn6)c6ccccc6c(-c6ccc(-c7cocn7)cn6)c5c4)cc3)cccc2c1. The number of nitrogens with zero attached hydrogens (tertiary/aromatic N) is 4. The zero-order chi connectivity index (χ0) is 34.4. The third-order valence-electron chi connectivity index (χ3n) is 9.84. The molecule has 0 saturated carbocycles. The highest BCUT2D eigenvalue weighted by atomic mass is 16.3. The summed E-state index contributed by atoms with van der Waals surface area (Å²) in [5.74, 6) is 0. The Morgan fingerprint density at radius 2 is 0.865 bits per heavy atom. The molecule has 0 N–H and O–H groups in total. The molecule has 0 aliphatic carbocycles. The molecule has 0 radical (unpaired) electrons. The van der Waals surface area contributed by atoms with E-state index in [0.717, 1.165) is 77.7 Å². The second-order valence-corrected chi connectivity index (χ2v) is 12.8. The highest BCUT2D eigenvalue weighted by Gasteiger charge is 2.19. The molecule has 0 spiro atoms. The van der Waals surface area contributed by atoms with Crippen molar-refractivity contribution in [2.75, 3.05) is 0 Å². The molecule has 4 aromatic heterocycles. The van der Waals surface area contributed by atoms with Crippen LogP contribution in [0.4, 0.5) is 0 Å². The lowest BCUT2D eigenvalue weighted by Crippen LogP contribution is -1.95. The van der Waals surface area contributed by atoms with E-state index in [9.17, 15) is 0 Å². The first-order valence-corrected chi connectivity index (χ1v) is 17.1. The summed E-state index contributed by atoms with van der Waals surface area (Å²) in [6.45, 7) is 0. The molecule has 0 aliphatic heterocycles. The quantitative estimate of drug-likeness (QED) is 0.164. The maximum atomic E-state index is 5.24. The van der Waals surface area contributed by atoms with E-state index in [-0.39, 0.29) is 0 Å². The second kappa shape index (κ2) is 12.3. The smallest absolute Gasteiger partial charge is 0.181 e. The van der Waals surface area contributed by atoms with Gasteiger partial charge in [0.1, 0.15) is 23.9 Å². The van der Waals surface area contributed by atoms with Crippen molar-refractivity contribution in [1.82, 2.24) is 19.9 Å². The van der Waals surface area contributed by atoms with E-state index in [1.54, 1.807) is 12.5 Å². The third-order valence-corrected chi connectivity index (χ3v) is 9.84. The van der Waals surface area contributed by atoms with Gasteiger partial charge in [-0.3, -0.25) is 9.97 Å². The Morgan fingerprint density at radius 3 is 1.46 bits per heavy atom. The molecular formula is C46H28N4O2. The minimum absolute atomic E-state index is 0.749. The molecule has 52 heavy (non-hydrogen) atoms. The highest BCUT2D eigenvalue weighted by molar-refractivity contribution is 6.21. The minimum Gasteiger partial charge on any atom is -0.451 e. The summed E-state index contributed by atoms with van der Waals surface area (Å²) < 4.78 is 10.5. The minimum atomic E-state index is 0.749. The molecule has 0 unspecified atom stereocenters. The van der Waals surface area contributed by atoms with Crippen LogP contribution in [0.3, 0.4) is 0 Å². The van der Waals surface area contributed by atoms with Crippen LogP contribution in [0, 0.1) is 0 Å². The van der Waals surface area contributed by atoms with Gasteiger partial charge >= 0.3 is 0 Å². The Morgan fingerprint density at radius 1 is 0.346 bits per heavy atom. The van der Waals surface area contributed by atoms with Crippen molar-refractivity contribution < 1.29 is 8.83 Å². The van der Waals surface area contributed by atoms with Gasteiger partial charge < -0.3 is 8.83 Å². The zero-order valence-corrected chi connectivity index (χ0v) is 27.8. The molecule has 6 heteroatoms. The van der Waals surface area contributed by atoms with Crippen molar-refractivity contribution in [2.45, 2.75) is 0 Å². The van der Waals surface area contributed by atoms with Gasteiger partial charge in [0, 0.05) is 34.6 Å². The van der Waals surface area contributed by atoms with Crippen LogP contribution in [0.1, 0.15) is 0 Å². The Hall–Kier alpha value is -7.18. The number of hydrogen-bond donors (Lipinski definition) is 0. The van der Waals surface area contributed by atoms with E-state index < -0.39 is 0 Å². The van der Waals surface area contributed by atoms with Gasteiger partial charge in [-0.2, -0.15) is 0 Å². The summed E-state index contributed by atoms with van der Waals surface area (Å²) >= 11 is 0. The first kappa shape index (κ1) is 29.7. The van der Waals surface area contributed by atoms with Crippen LogP contribution < -0.4 is 0 Å². The maximum absolute atomic E-state index is 5.24. The van der Waals surface area contributed by atoms with Gasteiger partial charge in [0.25, 0.3) is 0 Å². The Balaban J connectivity index is 1.16. The van der Waals surface area contributed by atoms with Crippen LogP contribution in [0.5, 0.6) is 0 Å². The fourth-order valence-corrected chi connectivity index (χ4v) is 7.33.